The van der Waals surface area contributed by atoms with Crippen molar-refractivity contribution in [3.63, 3.8) is 0 Å². The van der Waals surface area contributed by atoms with Crippen LogP contribution in [0.3, 0.4) is 0 Å². The van der Waals surface area contributed by atoms with Gasteiger partial charge in [0.2, 0.25) is 0 Å². The summed E-state index contributed by atoms with van der Waals surface area (Å²) in [6, 6.07) is -0.214. The van der Waals surface area contributed by atoms with Crippen LogP contribution in [0.25, 0.3) is 0 Å². The third-order valence-corrected chi connectivity index (χ3v) is 2.71. The maximum atomic E-state index is 11.4. The van der Waals surface area contributed by atoms with E-state index < -0.39 is 11.9 Å². The Labute approximate surface area is 88.6 Å². The Morgan fingerprint density at radius 1 is 1.33 bits per heavy atom. The van der Waals surface area contributed by atoms with E-state index >= 15 is 0 Å². The number of esters is 1. The lowest BCUT2D eigenvalue weighted by Crippen LogP contribution is -2.39. The van der Waals surface area contributed by atoms with Crippen molar-refractivity contribution >= 4 is 11.9 Å². The van der Waals surface area contributed by atoms with Crippen LogP contribution in [0.1, 0.15) is 26.2 Å². The average Bonchev–Trinajstić information content (AvgIpc) is 2.17. The number of carboxylic acid groups (broad SMARTS) is 1. The number of carboxylic acids is 1. The second-order valence-corrected chi connectivity index (χ2v) is 3.95. The Morgan fingerprint density at radius 3 is 2.47 bits per heavy atom. The highest BCUT2D eigenvalue weighted by Crippen LogP contribution is 2.29. The molecule has 1 fully saturated rings. The van der Waals surface area contributed by atoms with Crippen molar-refractivity contribution in [3.05, 3.63) is 0 Å². The molecule has 86 valence electrons. The van der Waals surface area contributed by atoms with E-state index in [-0.39, 0.29) is 17.9 Å². The molecule has 1 aliphatic rings. The van der Waals surface area contributed by atoms with Crippen molar-refractivity contribution in [1.29, 1.82) is 0 Å². The molecular weight excluding hydrogens is 198 g/mol. The molecule has 0 aromatic rings. The molecule has 1 rings (SSSR count). The van der Waals surface area contributed by atoms with Crippen LogP contribution in [-0.4, -0.2) is 29.7 Å². The molecule has 1 aliphatic carbocycles. The van der Waals surface area contributed by atoms with Gasteiger partial charge in [0, 0.05) is 6.04 Å². The van der Waals surface area contributed by atoms with Gasteiger partial charge in [0.1, 0.15) is 0 Å². The van der Waals surface area contributed by atoms with Crippen LogP contribution in [-0.2, 0) is 14.3 Å². The van der Waals surface area contributed by atoms with Crippen molar-refractivity contribution in [2.24, 2.45) is 17.6 Å². The summed E-state index contributed by atoms with van der Waals surface area (Å²) in [4.78, 5) is 22.3. The summed E-state index contributed by atoms with van der Waals surface area (Å²) in [7, 11) is 0. The van der Waals surface area contributed by atoms with Gasteiger partial charge in [-0.05, 0) is 26.2 Å². The number of carbonyl (C=O) groups excluding carboxylic acids is 1. The fraction of sp³-hybridized carbons (Fsp3) is 0.800. The lowest BCUT2D eigenvalue weighted by atomic mass is 9.79. The largest absolute Gasteiger partial charge is 0.481 e. The molecule has 5 heteroatoms. The first-order valence-electron chi connectivity index (χ1n) is 5.19. The summed E-state index contributed by atoms with van der Waals surface area (Å²) in [5, 5.41) is 8.88. The average molecular weight is 215 g/mol. The summed E-state index contributed by atoms with van der Waals surface area (Å²) < 4.78 is 4.87. The van der Waals surface area contributed by atoms with Crippen molar-refractivity contribution < 1.29 is 19.4 Å². The molecule has 0 aromatic carbocycles. The van der Waals surface area contributed by atoms with Crippen molar-refractivity contribution in [2.75, 3.05) is 6.61 Å². The minimum Gasteiger partial charge on any atom is -0.481 e. The van der Waals surface area contributed by atoms with Gasteiger partial charge in [-0.3, -0.25) is 9.59 Å². The normalized spacial score (nSPS) is 30.9. The smallest absolute Gasteiger partial charge is 0.309 e. The van der Waals surface area contributed by atoms with Crippen LogP contribution in [0.4, 0.5) is 0 Å². The molecule has 3 atom stereocenters. The molecule has 0 aliphatic heterocycles. The third kappa shape index (κ3) is 3.20. The van der Waals surface area contributed by atoms with Crippen molar-refractivity contribution in [3.8, 4) is 0 Å². The third-order valence-electron chi connectivity index (χ3n) is 2.71. The maximum absolute atomic E-state index is 11.4. The monoisotopic (exact) mass is 215 g/mol. The molecule has 5 nitrogen and oxygen atoms in total. The van der Waals surface area contributed by atoms with Gasteiger partial charge in [0.15, 0.2) is 0 Å². The van der Waals surface area contributed by atoms with Crippen LogP contribution >= 0.6 is 0 Å². The zero-order valence-electron chi connectivity index (χ0n) is 8.81. The number of ether oxygens (including phenoxy) is 1. The molecule has 3 unspecified atom stereocenters. The standard InChI is InChI=1S/C10H17NO4/c1-2-15-10(14)7-3-6(9(12)13)4-8(11)5-7/h6-8H,2-5,11H2,1H3,(H,12,13). The molecule has 0 aromatic heterocycles. The molecule has 1 saturated carbocycles. The van der Waals surface area contributed by atoms with Gasteiger partial charge in [-0.15, -0.1) is 0 Å². The van der Waals surface area contributed by atoms with E-state index in [9.17, 15) is 9.59 Å². The zero-order chi connectivity index (χ0) is 11.4. The SMILES string of the molecule is CCOC(=O)C1CC(N)CC(C(=O)O)C1. The number of hydrogen-bond donors (Lipinski definition) is 2. The quantitative estimate of drug-likeness (QED) is 0.664. The van der Waals surface area contributed by atoms with E-state index in [1.165, 1.54) is 0 Å². The van der Waals surface area contributed by atoms with Gasteiger partial charge in [-0.2, -0.15) is 0 Å². The van der Waals surface area contributed by atoms with Crippen molar-refractivity contribution in [2.45, 2.75) is 32.2 Å². The van der Waals surface area contributed by atoms with Crippen LogP contribution < -0.4 is 5.73 Å². The van der Waals surface area contributed by atoms with E-state index in [4.69, 9.17) is 15.6 Å². The van der Waals surface area contributed by atoms with Gasteiger partial charge >= 0.3 is 11.9 Å². The number of carbonyl (C=O) groups is 2. The van der Waals surface area contributed by atoms with Crippen molar-refractivity contribution in [1.82, 2.24) is 0 Å². The van der Waals surface area contributed by atoms with Gasteiger partial charge < -0.3 is 15.6 Å². The minimum absolute atomic E-state index is 0.214. The van der Waals surface area contributed by atoms with Crippen LogP contribution in [0, 0.1) is 11.8 Å². The van der Waals surface area contributed by atoms with E-state index in [1.54, 1.807) is 6.92 Å². The molecule has 0 heterocycles. The maximum Gasteiger partial charge on any atom is 0.309 e. The van der Waals surface area contributed by atoms with E-state index in [2.05, 4.69) is 0 Å². The summed E-state index contributed by atoms with van der Waals surface area (Å²) in [6.45, 7) is 2.05. The van der Waals surface area contributed by atoms with Gasteiger partial charge in [0.05, 0.1) is 18.4 Å². The molecule has 0 spiro atoms. The van der Waals surface area contributed by atoms with E-state index in [1.807, 2.05) is 0 Å². The van der Waals surface area contributed by atoms with Gasteiger partial charge in [-0.25, -0.2) is 0 Å². The topological polar surface area (TPSA) is 89.6 Å². The number of hydrogen-bond acceptors (Lipinski definition) is 4. The van der Waals surface area contributed by atoms with Gasteiger partial charge in [0.25, 0.3) is 0 Å². The summed E-state index contributed by atoms with van der Waals surface area (Å²) >= 11 is 0. The van der Waals surface area contributed by atoms with Crippen LogP contribution in [0.5, 0.6) is 0 Å². The van der Waals surface area contributed by atoms with E-state index in [0.717, 1.165) is 0 Å². The Morgan fingerprint density at radius 2 is 1.93 bits per heavy atom. The minimum atomic E-state index is -0.876. The lowest BCUT2D eigenvalue weighted by molar-refractivity contribution is -0.152. The highest BCUT2D eigenvalue weighted by Gasteiger charge is 2.35. The fourth-order valence-electron chi connectivity index (χ4n) is 2.02. The number of rotatable bonds is 3. The number of aliphatic carboxylic acids is 1. The number of nitrogens with two attached hydrogens (primary N) is 1. The first kappa shape index (κ1) is 12.0. The molecule has 3 N–H and O–H groups in total. The molecular formula is C10H17NO4. The summed E-state index contributed by atoms with van der Waals surface area (Å²) in [5.74, 6) is -2.06. The Balaban J connectivity index is 2.58. The predicted molar refractivity (Wildman–Crippen MR) is 53.1 cm³/mol. The molecule has 15 heavy (non-hydrogen) atoms. The van der Waals surface area contributed by atoms with E-state index in [0.29, 0.717) is 25.9 Å². The first-order valence-corrected chi connectivity index (χ1v) is 5.19. The highest BCUT2D eigenvalue weighted by atomic mass is 16.5. The zero-order valence-corrected chi connectivity index (χ0v) is 8.81. The van der Waals surface area contributed by atoms with Gasteiger partial charge in [-0.1, -0.05) is 0 Å². The summed E-state index contributed by atoms with van der Waals surface area (Å²) in [6.07, 6.45) is 1.33. The van der Waals surface area contributed by atoms with Crippen LogP contribution in [0.2, 0.25) is 0 Å². The Hall–Kier alpha value is -1.10. The molecule has 0 bridgehead atoms. The molecule has 0 amide bonds. The predicted octanol–water partition coefficient (Wildman–Crippen LogP) is 0.378. The Bertz CT molecular complexity index is 254. The first-order chi connectivity index (χ1) is 7.04. The molecule has 0 saturated heterocycles. The van der Waals surface area contributed by atoms with Crippen LogP contribution in [0.15, 0.2) is 0 Å². The summed E-state index contributed by atoms with van der Waals surface area (Å²) in [5.41, 5.74) is 5.72. The molecule has 0 radical (unpaired) electrons. The second kappa shape index (κ2) is 5.11. The lowest BCUT2D eigenvalue weighted by Gasteiger charge is -2.29. The fourth-order valence-corrected chi connectivity index (χ4v) is 2.02. The highest BCUT2D eigenvalue weighted by molar-refractivity contribution is 5.75. The Kier molecular flexibility index (Phi) is 4.08. The second-order valence-electron chi connectivity index (χ2n) is 3.95.